The lowest BCUT2D eigenvalue weighted by Crippen LogP contribution is -2.35. The summed E-state index contributed by atoms with van der Waals surface area (Å²) in [6, 6.07) is 7.54. The molecule has 27 heavy (non-hydrogen) atoms. The first-order chi connectivity index (χ1) is 12.8. The zero-order valence-corrected chi connectivity index (χ0v) is 16.5. The molecule has 9 heteroatoms. The standard InChI is InChI=1S/C18H17Cl2FN2O3S/c19-15-6-5-13(27(25,26)23-8-2-1-3-9-23)11-14(15)18(24)22-17-7-4-12(21)10-16(17)20/h4-7,10-11H,1-3,8-9H2,(H,22,24). The molecule has 0 bridgehead atoms. The number of carbonyl (C=O) groups is 1. The molecule has 1 heterocycles. The molecule has 1 aliphatic heterocycles. The quantitative estimate of drug-likeness (QED) is 0.772. The molecule has 0 aliphatic carbocycles. The Bertz CT molecular complexity index is 977. The first kappa shape index (κ1) is 20.1. The van der Waals surface area contributed by atoms with Crippen LogP contribution in [0.25, 0.3) is 0 Å². The molecule has 1 N–H and O–H groups in total. The second kappa shape index (κ2) is 8.14. The summed E-state index contributed by atoms with van der Waals surface area (Å²) in [5, 5.41) is 2.65. The Kier molecular flexibility index (Phi) is 6.05. The van der Waals surface area contributed by atoms with E-state index in [1.165, 1.54) is 28.6 Å². The predicted molar refractivity (Wildman–Crippen MR) is 103 cm³/mol. The molecule has 1 aliphatic rings. The fourth-order valence-electron chi connectivity index (χ4n) is 2.87. The van der Waals surface area contributed by atoms with Crippen molar-refractivity contribution in [3.63, 3.8) is 0 Å². The maximum absolute atomic E-state index is 13.1. The third-order valence-corrected chi connectivity index (χ3v) is 6.85. The number of carbonyl (C=O) groups excluding carboxylic acids is 1. The lowest BCUT2D eigenvalue weighted by molar-refractivity contribution is 0.102. The number of hydrogen-bond donors (Lipinski definition) is 1. The normalized spacial score (nSPS) is 15.5. The predicted octanol–water partition coefficient (Wildman–Crippen LogP) is 4.56. The van der Waals surface area contributed by atoms with Crippen molar-refractivity contribution in [2.75, 3.05) is 18.4 Å². The summed E-state index contributed by atoms with van der Waals surface area (Å²) in [5.74, 6) is -1.17. The molecule has 0 spiro atoms. The van der Waals surface area contributed by atoms with Crippen LogP contribution in [0.5, 0.6) is 0 Å². The largest absolute Gasteiger partial charge is 0.321 e. The minimum atomic E-state index is -3.70. The minimum Gasteiger partial charge on any atom is -0.321 e. The Labute approximate surface area is 167 Å². The number of nitrogens with zero attached hydrogens (tertiary/aromatic N) is 1. The van der Waals surface area contributed by atoms with Crippen LogP contribution in [0, 0.1) is 5.82 Å². The van der Waals surface area contributed by atoms with Gasteiger partial charge in [0.2, 0.25) is 10.0 Å². The highest BCUT2D eigenvalue weighted by Crippen LogP contribution is 2.27. The minimum absolute atomic E-state index is 0.00385. The van der Waals surface area contributed by atoms with Crippen molar-refractivity contribution in [1.82, 2.24) is 4.31 Å². The second-order valence-corrected chi connectivity index (χ2v) is 8.94. The maximum Gasteiger partial charge on any atom is 0.257 e. The summed E-state index contributed by atoms with van der Waals surface area (Å²) in [6.45, 7) is 0.912. The molecule has 2 aromatic carbocycles. The van der Waals surface area contributed by atoms with Crippen molar-refractivity contribution in [2.24, 2.45) is 0 Å². The van der Waals surface area contributed by atoms with Gasteiger partial charge in [-0.25, -0.2) is 12.8 Å². The Balaban J connectivity index is 1.89. The average Bonchev–Trinajstić information content (AvgIpc) is 2.65. The van der Waals surface area contributed by atoms with Gasteiger partial charge in [0, 0.05) is 13.1 Å². The smallest absolute Gasteiger partial charge is 0.257 e. The van der Waals surface area contributed by atoms with Gasteiger partial charge in [-0.2, -0.15) is 4.31 Å². The molecule has 2 aromatic rings. The molecule has 0 saturated carbocycles. The molecule has 3 rings (SSSR count). The van der Waals surface area contributed by atoms with Crippen molar-refractivity contribution in [2.45, 2.75) is 24.2 Å². The van der Waals surface area contributed by atoms with Gasteiger partial charge in [0.1, 0.15) is 5.82 Å². The van der Waals surface area contributed by atoms with Crippen LogP contribution >= 0.6 is 23.2 Å². The topological polar surface area (TPSA) is 66.5 Å². The van der Waals surface area contributed by atoms with Crippen LogP contribution in [-0.4, -0.2) is 31.7 Å². The van der Waals surface area contributed by atoms with Gasteiger partial charge in [-0.05, 0) is 49.2 Å². The number of sulfonamides is 1. The molecule has 144 valence electrons. The van der Waals surface area contributed by atoms with E-state index in [1.807, 2.05) is 0 Å². The van der Waals surface area contributed by atoms with Crippen LogP contribution in [0.15, 0.2) is 41.3 Å². The number of halogens is 3. The van der Waals surface area contributed by atoms with Gasteiger partial charge in [-0.1, -0.05) is 29.6 Å². The number of benzene rings is 2. The zero-order valence-electron chi connectivity index (χ0n) is 14.2. The van der Waals surface area contributed by atoms with E-state index in [2.05, 4.69) is 5.32 Å². The van der Waals surface area contributed by atoms with E-state index < -0.39 is 21.7 Å². The van der Waals surface area contributed by atoms with E-state index in [0.717, 1.165) is 31.4 Å². The fourth-order valence-corrected chi connectivity index (χ4v) is 4.84. The SMILES string of the molecule is O=C(Nc1ccc(F)cc1Cl)c1cc(S(=O)(=O)N2CCCCC2)ccc1Cl. The Morgan fingerprint density at radius 1 is 1.00 bits per heavy atom. The summed E-state index contributed by atoms with van der Waals surface area (Å²) in [7, 11) is -3.70. The van der Waals surface area contributed by atoms with Gasteiger partial charge in [-0.3, -0.25) is 4.79 Å². The average molecular weight is 431 g/mol. The summed E-state index contributed by atoms with van der Waals surface area (Å²) in [5.41, 5.74) is 0.193. The molecule has 0 atom stereocenters. The van der Waals surface area contributed by atoms with Gasteiger partial charge >= 0.3 is 0 Å². The zero-order chi connectivity index (χ0) is 19.6. The Hall–Kier alpha value is -1.67. The maximum atomic E-state index is 13.1. The van der Waals surface area contributed by atoms with E-state index in [4.69, 9.17) is 23.2 Å². The van der Waals surface area contributed by atoms with Gasteiger partial charge in [0.15, 0.2) is 0 Å². The van der Waals surface area contributed by atoms with Crippen molar-refractivity contribution in [3.05, 3.63) is 57.8 Å². The first-order valence-corrected chi connectivity index (χ1v) is 10.5. The van der Waals surface area contributed by atoms with Crippen LogP contribution in [0.1, 0.15) is 29.6 Å². The number of amides is 1. The van der Waals surface area contributed by atoms with E-state index in [1.54, 1.807) is 0 Å². The van der Waals surface area contributed by atoms with Crippen molar-refractivity contribution in [1.29, 1.82) is 0 Å². The fraction of sp³-hybridized carbons (Fsp3) is 0.278. The molecule has 0 aromatic heterocycles. The van der Waals surface area contributed by atoms with E-state index >= 15 is 0 Å². The van der Waals surface area contributed by atoms with Crippen LogP contribution < -0.4 is 5.32 Å². The summed E-state index contributed by atoms with van der Waals surface area (Å²) in [6.07, 6.45) is 2.62. The lowest BCUT2D eigenvalue weighted by Gasteiger charge is -2.26. The summed E-state index contributed by atoms with van der Waals surface area (Å²) >= 11 is 12.0. The second-order valence-electron chi connectivity index (χ2n) is 6.18. The van der Waals surface area contributed by atoms with Crippen molar-refractivity contribution in [3.8, 4) is 0 Å². The molecule has 0 unspecified atom stereocenters. The van der Waals surface area contributed by atoms with E-state index in [0.29, 0.717) is 13.1 Å². The van der Waals surface area contributed by atoms with E-state index in [9.17, 15) is 17.6 Å². The van der Waals surface area contributed by atoms with Crippen LogP contribution in [0.3, 0.4) is 0 Å². The van der Waals surface area contributed by atoms with Gasteiger partial charge in [-0.15, -0.1) is 0 Å². The van der Waals surface area contributed by atoms with E-state index in [-0.39, 0.29) is 26.2 Å². The number of piperidine rings is 1. The van der Waals surface area contributed by atoms with Crippen LogP contribution in [-0.2, 0) is 10.0 Å². The Morgan fingerprint density at radius 2 is 1.70 bits per heavy atom. The highest BCUT2D eigenvalue weighted by atomic mass is 35.5. The molecule has 5 nitrogen and oxygen atoms in total. The number of rotatable bonds is 4. The molecular formula is C18H17Cl2FN2O3S. The Morgan fingerprint density at radius 3 is 2.37 bits per heavy atom. The molecular weight excluding hydrogens is 414 g/mol. The highest BCUT2D eigenvalue weighted by Gasteiger charge is 2.27. The number of hydrogen-bond acceptors (Lipinski definition) is 3. The number of anilines is 1. The van der Waals surface area contributed by atoms with Crippen LogP contribution in [0.2, 0.25) is 10.0 Å². The van der Waals surface area contributed by atoms with Gasteiger partial charge in [0.25, 0.3) is 5.91 Å². The summed E-state index contributed by atoms with van der Waals surface area (Å²) in [4.78, 5) is 12.6. The van der Waals surface area contributed by atoms with Gasteiger partial charge < -0.3 is 5.32 Å². The molecule has 1 amide bonds. The third-order valence-electron chi connectivity index (χ3n) is 4.31. The van der Waals surface area contributed by atoms with Crippen LogP contribution in [0.4, 0.5) is 10.1 Å². The first-order valence-electron chi connectivity index (χ1n) is 8.35. The molecule has 1 saturated heterocycles. The monoisotopic (exact) mass is 430 g/mol. The number of nitrogens with one attached hydrogen (secondary N) is 1. The molecule has 0 radical (unpaired) electrons. The highest BCUT2D eigenvalue weighted by molar-refractivity contribution is 7.89. The van der Waals surface area contributed by atoms with Crippen molar-refractivity contribution >= 4 is 44.8 Å². The van der Waals surface area contributed by atoms with Gasteiger partial charge in [0.05, 0.1) is 26.2 Å². The third kappa shape index (κ3) is 4.43. The summed E-state index contributed by atoms with van der Waals surface area (Å²) < 4.78 is 40.2. The lowest BCUT2D eigenvalue weighted by atomic mass is 10.2. The molecule has 1 fully saturated rings. The van der Waals surface area contributed by atoms with Crippen molar-refractivity contribution < 1.29 is 17.6 Å².